The molecular weight excluding hydrogens is 406 g/mol. The van der Waals surface area contributed by atoms with Gasteiger partial charge in [-0.25, -0.2) is 0 Å². The average molecular weight is 424 g/mol. The zero-order valence-electron chi connectivity index (χ0n) is 16.0. The van der Waals surface area contributed by atoms with Gasteiger partial charge in [0.15, 0.2) is 0 Å². The first-order valence-corrected chi connectivity index (χ1v) is 9.58. The summed E-state index contributed by atoms with van der Waals surface area (Å²) in [5.41, 5.74) is 1.07. The van der Waals surface area contributed by atoms with E-state index in [1.807, 2.05) is 0 Å². The van der Waals surface area contributed by atoms with Gasteiger partial charge in [0, 0.05) is 10.6 Å². The van der Waals surface area contributed by atoms with Gasteiger partial charge in [0.25, 0.3) is 11.7 Å². The number of carbonyl (C=O) groups is 2. The predicted octanol–water partition coefficient (Wildman–Crippen LogP) is 4.56. The number of furan rings is 1. The molecule has 1 aromatic heterocycles. The summed E-state index contributed by atoms with van der Waals surface area (Å²) in [7, 11) is 1.55. The van der Waals surface area contributed by atoms with Crippen molar-refractivity contribution in [3.05, 3.63) is 94.4 Å². The Hall–Kier alpha value is -3.51. The molecule has 0 bridgehead atoms. The van der Waals surface area contributed by atoms with E-state index < -0.39 is 17.7 Å². The maximum absolute atomic E-state index is 12.9. The second kappa shape index (κ2) is 8.08. The topological polar surface area (TPSA) is 80.0 Å². The van der Waals surface area contributed by atoms with Gasteiger partial charge in [0.1, 0.15) is 17.3 Å². The zero-order valence-corrected chi connectivity index (χ0v) is 16.8. The van der Waals surface area contributed by atoms with Crippen molar-refractivity contribution in [1.29, 1.82) is 0 Å². The van der Waals surface area contributed by atoms with Crippen LogP contribution in [0.1, 0.15) is 22.9 Å². The summed E-state index contributed by atoms with van der Waals surface area (Å²) in [6, 6.07) is 16.1. The Bertz CT molecular complexity index is 1100. The summed E-state index contributed by atoms with van der Waals surface area (Å²) in [4.78, 5) is 27.2. The van der Waals surface area contributed by atoms with Crippen molar-refractivity contribution in [1.82, 2.24) is 4.90 Å². The number of halogens is 1. The molecule has 0 aliphatic carbocycles. The highest BCUT2D eigenvalue weighted by molar-refractivity contribution is 6.46. The number of nitrogens with zero attached hydrogens (tertiary/aromatic N) is 1. The van der Waals surface area contributed by atoms with Gasteiger partial charge in [-0.15, -0.1) is 0 Å². The lowest BCUT2D eigenvalue weighted by atomic mass is 9.95. The minimum atomic E-state index is -0.781. The van der Waals surface area contributed by atoms with E-state index in [-0.39, 0.29) is 17.9 Å². The van der Waals surface area contributed by atoms with E-state index in [1.165, 1.54) is 11.2 Å². The van der Waals surface area contributed by atoms with Gasteiger partial charge in [-0.2, -0.15) is 0 Å². The number of ketones is 1. The standard InChI is InChI=1S/C23H18ClNO5/c1-29-17-10-6-14(7-11-17)20-19(21(26)15-4-8-16(24)9-5-15)22(27)23(28)25(20)13-18-3-2-12-30-18/h2-12,20,26H,13H2,1H3. The van der Waals surface area contributed by atoms with E-state index in [2.05, 4.69) is 0 Å². The van der Waals surface area contributed by atoms with Gasteiger partial charge in [-0.1, -0.05) is 23.7 Å². The van der Waals surface area contributed by atoms with Gasteiger partial charge in [-0.3, -0.25) is 9.59 Å². The Balaban J connectivity index is 1.85. The van der Waals surface area contributed by atoms with E-state index in [0.717, 1.165) is 0 Å². The smallest absolute Gasteiger partial charge is 0.296 e. The molecule has 6 nitrogen and oxygen atoms in total. The lowest BCUT2D eigenvalue weighted by molar-refractivity contribution is -0.140. The third-order valence-corrected chi connectivity index (χ3v) is 5.25. The van der Waals surface area contributed by atoms with Crippen molar-refractivity contribution >= 4 is 29.1 Å². The van der Waals surface area contributed by atoms with Crippen molar-refractivity contribution in [2.24, 2.45) is 0 Å². The summed E-state index contributed by atoms with van der Waals surface area (Å²) in [6.45, 7) is 0.0890. The van der Waals surface area contributed by atoms with Crippen LogP contribution < -0.4 is 4.74 Å². The molecule has 1 atom stereocenters. The number of carbonyl (C=O) groups excluding carboxylic acids is 2. The Morgan fingerprint density at radius 3 is 2.40 bits per heavy atom. The number of methoxy groups -OCH3 is 1. The zero-order chi connectivity index (χ0) is 21.3. The normalized spacial score (nSPS) is 18.1. The minimum Gasteiger partial charge on any atom is -0.507 e. The maximum atomic E-state index is 12.9. The Labute approximate surface area is 177 Å². The van der Waals surface area contributed by atoms with Crippen LogP contribution in [0.4, 0.5) is 0 Å². The molecule has 1 aliphatic rings. The molecule has 2 aromatic carbocycles. The lowest BCUT2D eigenvalue weighted by Crippen LogP contribution is -2.29. The van der Waals surface area contributed by atoms with Gasteiger partial charge in [0.2, 0.25) is 0 Å². The monoisotopic (exact) mass is 423 g/mol. The van der Waals surface area contributed by atoms with E-state index in [4.69, 9.17) is 20.8 Å². The van der Waals surface area contributed by atoms with Gasteiger partial charge >= 0.3 is 0 Å². The number of hydrogen-bond acceptors (Lipinski definition) is 5. The van der Waals surface area contributed by atoms with E-state index in [9.17, 15) is 14.7 Å². The van der Waals surface area contributed by atoms with Gasteiger partial charge < -0.3 is 19.2 Å². The number of hydrogen-bond donors (Lipinski definition) is 1. The van der Waals surface area contributed by atoms with E-state index >= 15 is 0 Å². The van der Waals surface area contributed by atoms with Crippen LogP contribution in [-0.4, -0.2) is 28.8 Å². The first kappa shape index (κ1) is 19.8. The van der Waals surface area contributed by atoms with Gasteiger partial charge in [-0.05, 0) is 54.1 Å². The third kappa shape index (κ3) is 3.57. The van der Waals surface area contributed by atoms with Crippen molar-refractivity contribution in [3.8, 4) is 5.75 Å². The van der Waals surface area contributed by atoms with Crippen LogP contribution in [0.3, 0.4) is 0 Å². The fraction of sp³-hybridized carbons (Fsp3) is 0.130. The first-order chi connectivity index (χ1) is 14.5. The molecule has 1 aliphatic heterocycles. The molecule has 1 amide bonds. The molecule has 4 rings (SSSR count). The highest BCUT2D eigenvalue weighted by atomic mass is 35.5. The van der Waals surface area contributed by atoms with Crippen molar-refractivity contribution < 1.29 is 23.8 Å². The molecule has 1 saturated heterocycles. The number of aliphatic hydroxyl groups excluding tert-OH is 1. The molecule has 3 aromatic rings. The number of ether oxygens (including phenoxy) is 1. The van der Waals surface area contributed by atoms with Crippen molar-refractivity contribution in [2.75, 3.05) is 7.11 Å². The number of rotatable bonds is 5. The molecule has 1 unspecified atom stereocenters. The van der Waals surface area contributed by atoms with Crippen LogP contribution in [0.25, 0.3) is 5.76 Å². The molecule has 0 radical (unpaired) electrons. The number of likely N-dealkylation sites (tertiary alicyclic amines) is 1. The van der Waals surface area contributed by atoms with Crippen LogP contribution in [0.15, 0.2) is 76.9 Å². The summed E-state index contributed by atoms with van der Waals surface area (Å²) in [5.74, 6) is -0.549. The van der Waals surface area contributed by atoms with Crippen LogP contribution in [0, 0.1) is 0 Å². The molecule has 152 valence electrons. The lowest BCUT2D eigenvalue weighted by Gasteiger charge is -2.24. The number of amides is 1. The summed E-state index contributed by atoms with van der Waals surface area (Å²) >= 11 is 5.93. The highest BCUT2D eigenvalue weighted by Gasteiger charge is 2.46. The second-order valence-electron chi connectivity index (χ2n) is 6.79. The van der Waals surface area contributed by atoms with Crippen LogP contribution in [0.5, 0.6) is 5.75 Å². The molecule has 7 heteroatoms. The van der Waals surface area contributed by atoms with Crippen molar-refractivity contribution in [2.45, 2.75) is 12.6 Å². The maximum Gasteiger partial charge on any atom is 0.296 e. The van der Waals surface area contributed by atoms with Crippen LogP contribution in [0.2, 0.25) is 5.02 Å². The number of aliphatic hydroxyl groups is 1. The Morgan fingerprint density at radius 2 is 1.80 bits per heavy atom. The minimum absolute atomic E-state index is 0.0130. The predicted molar refractivity (Wildman–Crippen MR) is 111 cm³/mol. The SMILES string of the molecule is COc1ccc(C2C(=C(O)c3ccc(Cl)cc3)C(=O)C(=O)N2Cc2ccco2)cc1. The summed E-state index contributed by atoms with van der Waals surface area (Å²) < 4.78 is 10.6. The molecule has 0 saturated carbocycles. The second-order valence-corrected chi connectivity index (χ2v) is 7.22. The quantitative estimate of drug-likeness (QED) is 0.369. The molecule has 1 fully saturated rings. The molecular formula is C23H18ClNO5. The van der Waals surface area contributed by atoms with Crippen LogP contribution >= 0.6 is 11.6 Å². The van der Waals surface area contributed by atoms with Crippen LogP contribution in [-0.2, 0) is 16.1 Å². The fourth-order valence-corrected chi connectivity index (χ4v) is 3.64. The van der Waals surface area contributed by atoms with E-state index in [1.54, 1.807) is 67.8 Å². The summed E-state index contributed by atoms with van der Waals surface area (Å²) in [5, 5.41) is 11.5. The first-order valence-electron chi connectivity index (χ1n) is 9.20. The Morgan fingerprint density at radius 1 is 1.10 bits per heavy atom. The largest absolute Gasteiger partial charge is 0.507 e. The number of Topliss-reactive ketones (excluding diaryl/α,β-unsaturated/α-hetero) is 1. The number of benzene rings is 2. The average Bonchev–Trinajstić information content (AvgIpc) is 3.36. The molecule has 0 spiro atoms. The van der Waals surface area contributed by atoms with E-state index in [0.29, 0.717) is 27.7 Å². The summed E-state index contributed by atoms with van der Waals surface area (Å²) in [6.07, 6.45) is 1.50. The molecule has 1 N–H and O–H groups in total. The van der Waals surface area contributed by atoms with Gasteiger partial charge in [0.05, 0.1) is 31.5 Å². The molecule has 2 heterocycles. The molecule has 30 heavy (non-hydrogen) atoms. The Kier molecular flexibility index (Phi) is 5.33. The fourth-order valence-electron chi connectivity index (χ4n) is 3.51. The van der Waals surface area contributed by atoms with Crippen molar-refractivity contribution in [3.63, 3.8) is 0 Å². The highest BCUT2D eigenvalue weighted by Crippen LogP contribution is 2.40. The third-order valence-electron chi connectivity index (χ3n) is 5.00.